The number of aryl methyl sites for hydroxylation is 2. The van der Waals surface area contributed by atoms with E-state index in [9.17, 15) is 14.9 Å². The van der Waals surface area contributed by atoms with Crippen LogP contribution in [0.4, 0.5) is 10.8 Å². The molecule has 0 saturated heterocycles. The summed E-state index contributed by atoms with van der Waals surface area (Å²) in [5, 5.41) is 11.5. The van der Waals surface area contributed by atoms with Gasteiger partial charge in [0.25, 0.3) is 11.6 Å². The van der Waals surface area contributed by atoms with Crippen LogP contribution < -0.4 is 4.90 Å². The zero-order valence-corrected chi connectivity index (χ0v) is 19.5. The highest BCUT2D eigenvalue weighted by molar-refractivity contribution is 7.22. The Kier molecular flexibility index (Phi) is 8.27. The van der Waals surface area contributed by atoms with Crippen molar-refractivity contribution in [3.63, 3.8) is 0 Å². The quantitative estimate of drug-likeness (QED) is 0.286. The van der Waals surface area contributed by atoms with Crippen molar-refractivity contribution >= 4 is 56.8 Å². The minimum Gasteiger partial charge on any atom is -0.308 e. The second-order valence-electron chi connectivity index (χ2n) is 7.33. The zero-order chi connectivity index (χ0) is 21.8. The summed E-state index contributed by atoms with van der Waals surface area (Å²) in [5.41, 5.74) is 3.96. The average Bonchev–Trinajstić information content (AvgIpc) is 3.14. The number of amides is 1. The fraction of sp³-hybridized carbons (Fsp3) is 0.273. The van der Waals surface area contributed by atoms with Crippen molar-refractivity contribution in [2.75, 3.05) is 32.1 Å². The Morgan fingerprint density at radius 3 is 2.42 bits per heavy atom. The van der Waals surface area contributed by atoms with Crippen LogP contribution in [0.15, 0.2) is 42.5 Å². The predicted octanol–water partition coefficient (Wildman–Crippen LogP) is 4.85. The minimum atomic E-state index is -0.446. The van der Waals surface area contributed by atoms with Gasteiger partial charge in [-0.25, -0.2) is 4.98 Å². The number of non-ortho nitro benzene ring substituents is 1. The van der Waals surface area contributed by atoms with Crippen LogP contribution in [-0.2, 0) is 4.79 Å². The fourth-order valence-electron chi connectivity index (χ4n) is 2.89. The van der Waals surface area contributed by atoms with Gasteiger partial charge in [-0.1, -0.05) is 17.4 Å². The lowest BCUT2D eigenvalue weighted by atomic mass is 10.1. The van der Waals surface area contributed by atoms with Crippen molar-refractivity contribution in [1.82, 2.24) is 9.88 Å². The van der Waals surface area contributed by atoms with Crippen LogP contribution in [0.2, 0.25) is 0 Å². The maximum absolute atomic E-state index is 13.0. The third-order valence-electron chi connectivity index (χ3n) is 4.86. The molecule has 1 amide bonds. The van der Waals surface area contributed by atoms with Crippen LogP contribution >= 0.6 is 23.7 Å². The molecule has 0 bridgehead atoms. The van der Waals surface area contributed by atoms with Crippen molar-refractivity contribution in [2.45, 2.75) is 13.8 Å². The first-order valence-electron chi connectivity index (χ1n) is 9.52. The molecule has 0 N–H and O–H groups in total. The van der Waals surface area contributed by atoms with Gasteiger partial charge in [0.1, 0.15) is 0 Å². The van der Waals surface area contributed by atoms with Gasteiger partial charge >= 0.3 is 0 Å². The van der Waals surface area contributed by atoms with Crippen molar-refractivity contribution < 1.29 is 9.72 Å². The summed E-state index contributed by atoms with van der Waals surface area (Å²) in [6.45, 7) is 5.30. The van der Waals surface area contributed by atoms with Crippen LogP contribution in [-0.4, -0.2) is 47.9 Å². The first-order valence-corrected chi connectivity index (χ1v) is 10.3. The van der Waals surface area contributed by atoms with Gasteiger partial charge in [-0.3, -0.25) is 19.8 Å². The second kappa shape index (κ2) is 10.5. The van der Waals surface area contributed by atoms with E-state index < -0.39 is 4.92 Å². The predicted molar refractivity (Wildman–Crippen MR) is 129 cm³/mol. The van der Waals surface area contributed by atoms with Gasteiger partial charge in [-0.2, -0.15) is 0 Å². The van der Waals surface area contributed by atoms with Crippen LogP contribution in [0.5, 0.6) is 0 Å². The van der Waals surface area contributed by atoms with E-state index >= 15 is 0 Å². The number of halogens is 1. The maximum atomic E-state index is 13.0. The Morgan fingerprint density at radius 1 is 1.13 bits per heavy atom. The number of carbonyl (C=O) groups is 1. The minimum absolute atomic E-state index is 0. The number of nitro groups is 1. The van der Waals surface area contributed by atoms with E-state index in [4.69, 9.17) is 4.98 Å². The van der Waals surface area contributed by atoms with Gasteiger partial charge < -0.3 is 4.90 Å². The molecule has 0 fully saturated rings. The summed E-state index contributed by atoms with van der Waals surface area (Å²) in [7, 11) is 3.92. The topological polar surface area (TPSA) is 79.6 Å². The molecular weight excluding hydrogens is 436 g/mol. The van der Waals surface area contributed by atoms with Crippen LogP contribution in [0, 0.1) is 24.0 Å². The molecule has 9 heteroatoms. The number of nitrogens with zero attached hydrogens (tertiary/aromatic N) is 4. The van der Waals surface area contributed by atoms with Crippen LogP contribution in [0.25, 0.3) is 16.3 Å². The standard InChI is InChI=1S/C22H24N4O3S.ClH/c1-15-5-11-19-21(16(15)2)23-22(30-19)25(14-13-24(3)4)20(27)12-8-17-6-9-18(10-7-17)26(28)29;/h5-12H,13-14H2,1-4H3;1H. The van der Waals surface area contributed by atoms with Crippen LogP contribution in [0.3, 0.4) is 0 Å². The number of hydrogen-bond acceptors (Lipinski definition) is 6. The van der Waals surface area contributed by atoms with Gasteiger partial charge in [0, 0.05) is 31.3 Å². The van der Waals surface area contributed by atoms with Crippen molar-refractivity contribution in [3.05, 3.63) is 69.3 Å². The molecular formula is C22H25ClN4O3S. The largest absolute Gasteiger partial charge is 0.308 e. The molecule has 2 aromatic carbocycles. The number of anilines is 1. The normalized spacial score (nSPS) is 11.1. The number of rotatable bonds is 7. The van der Waals surface area contributed by atoms with Crippen molar-refractivity contribution in [3.8, 4) is 0 Å². The first kappa shape index (κ1) is 24.5. The lowest BCUT2D eigenvalue weighted by molar-refractivity contribution is -0.384. The number of fused-ring (bicyclic) bond motifs is 1. The molecule has 0 aliphatic rings. The number of likely N-dealkylation sites (N-methyl/N-ethyl adjacent to an activating group) is 1. The Hall–Kier alpha value is -2.81. The monoisotopic (exact) mass is 460 g/mol. The average molecular weight is 461 g/mol. The number of benzene rings is 2. The fourth-order valence-corrected chi connectivity index (χ4v) is 3.95. The summed E-state index contributed by atoms with van der Waals surface area (Å²) >= 11 is 1.50. The van der Waals surface area contributed by atoms with Crippen molar-refractivity contribution in [1.29, 1.82) is 0 Å². The van der Waals surface area contributed by atoms with Crippen LogP contribution in [0.1, 0.15) is 16.7 Å². The smallest absolute Gasteiger partial charge is 0.269 e. The Balaban J connectivity index is 0.00000341. The third kappa shape index (κ3) is 5.88. The lowest BCUT2D eigenvalue weighted by Crippen LogP contribution is -2.35. The van der Waals surface area contributed by atoms with Gasteiger partial charge in [0.05, 0.1) is 15.1 Å². The Labute approximate surface area is 191 Å². The molecule has 1 heterocycles. The maximum Gasteiger partial charge on any atom is 0.269 e. The number of hydrogen-bond donors (Lipinski definition) is 0. The van der Waals surface area contributed by atoms with E-state index in [0.29, 0.717) is 18.2 Å². The number of nitro benzene ring substituents is 1. The molecule has 0 radical (unpaired) electrons. The third-order valence-corrected chi connectivity index (χ3v) is 5.91. The SMILES string of the molecule is Cc1ccc2sc(N(CCN(C)C)C(=O)C=Cc3ccc([N+](=O)[O-])cc3)nc2c1C.Cl. The summed E-state index contributed by atoms with van der Waals surface area (Å²) in [6, 6.07) is 10.2. The summed E-state index contributed by atoms with van der Waals surface area (Å²) in [6.07, 6.45) is 3.15. The molecule has 0 spiro atoms. The van der Waals surface area contributed by atoms with E-state index in [1.807, 2.05) is 32.0 Å². The summed E-state index contributed by atoms with van der Waals surface area (Å²) < 4.78 is 1.05. The van der Waals surface area contributed by atoms with Crippen molar-refractivity contribution in [2.24, 2.45) is 0 Å². The molecule has 0 aliphatic heterocycles. The van der Waals surface area contributed by atoms with Gasteiger partial charge in [0.15, 0.2) is 5.13 Å². The highest BCUT2D eigenvalue weighted by atomic mass is 35.5. The van der Waals surface area contributed by atoms with E-state index in [1.165, 1.54) is 35.1 Å². The van der Waals surface area contributed by atoms with Gasteiger partial charge in [0.2, 0.25) is 0 Å². The molecule has 31 heavy (non-hydrogen) atoms. The molecule has 0 unspecified atom stereocenters. The lowest BCUT2D eigenvalue weighted by Gasteiger charge is -2.20. The van der Waals surface area contributed by atoms with E-state index in [2.05, 4.69) is 13.0 Å². The van der Waals surface area contributed by atoms with E-state index in [0.717, 1.165) is 21.3 Å². The molecule has 7 nitrogen and oxygen atoms in total. The van der Waals surface area contributed by atoms with E-state index in [-0.39, 0.29) is 24.0 Å². The molecule has 164 valence electrons. The second-order valence-corrected chi connectivity index (χ2v) is 8.33. The highest BCUT2D eigenvalue weighted by Gasteiger charge is 2.19. The molecule has 0 aliphatic carbocycles. The molecule has 3 aromatic rings. The molecule has 0 atom stereocenters. The molecule has 3 rings (SSSR count). The molecule has 0 saturated carbocycles. The molecule has 1 aromatic heterocycles. The Morgan fingerprint density at radius 2 is 1.81 bits per heavy atom. The highest BCUT2D eigenvalue weighted by Crippen LogP contribution is 2.32. The zero-order valence-electron chi connectivity index (χ0n) is 17.9. The number of aromatic nitrogens is 1. The summed E-state index contributed by atoms with van der Waals surface area (Å²) in [4.78, 5) is 31.8. The number of carbonyl (C=O) groups excluding carboxylic acids is 1. The summed E-state index contributed by atoms with van der Waals surface area (Å²) in [5.74, 6) is -0.177. The van der Waals surface area contributed by atoms with E-state index in [1.54, 1.807) is 23.1 Å². The first-order chi connectivity index (χ1) is 14.3. The van der Waals surface area contributed by atoms with Gasteiger partial charge in [-0.15, -0.1) is 12.4 Å². The number of thiazole rings is 1. The van der Waals surface area contributed by atoms with Gasteiger partial charge in [-0.05, 0) is 68.9 Å². The Bertz CT molecular complexity index is 1110.